The number of carbonyl (C=O) groups is 1. The Hall–Kier alpha value is -0.570. The smallest absolute Gasteiger partial charge is 0.236 e. The molecule has 3 heteroatoms. The highest BCUT2D eigenvalue weighted by Crippen LogP contribution is 2.25. The fourth-order valence-electron chi connectivity index (χ4n) is 1.90. The summed E-state index contributed by atoms with van der Waals surface area (Å²) in [4.78, 5) is 16.0. The second kappa shape index (κ2) is 4.52. The Morgan fingerprint density at radius 1 is 1.33 bits per heavy atom. The van der Waals surface area contributed by atoms with E-state index in [-0.39, 0.29) is 11.4 Å². The Kier molecular flexibility index (Phi) is 3.77. The third kappa shape index (κ3) is 2.51. The van der Waals surface area contributed by atoms with Crippen molar-refractivity contribution in [2.24, 2.45) is 5.92 Å². The van der Waals surface area contributed by atoms with Crippen LogP contribution >= 0.6 is 0 Å². The third-order valence-corrected chi connectivity index (χ3v) is 3.93. The minimum absolute atomic E-state index is 0.121. The molecule has 1 heterocycles. The average Bonchev–Trinajstić information content (AvgIpc) is 2.17. The van der Waals surface area contributed by atoms with E-state index in [0.717, 1.165) is 19.6 Å². The van der Waals surface area contributed by atoms with E-state index in [1.165, 1.54) is 0 Å². The summed E-state index contributed by atoms with van der Waals surface area (Å²) in [5.41, 5.74) is 0.121. The van der Waals surface area contributed by atoms with E-state index < -0.39 is 0 Å². The molecule has 15 heavy (non-hydrogen) atoms. The maximum atomic E-state index is 11.8. The molecule has 0 unspecified atom stereocenters. The van der Waals surface area contributed by atoms with Gasteiger partial charge in [-0.1, -0.05) is 13.8 Å². The summed E-state index contributed by atoms with van der Waals surface area (Å²) in [6.45, 7) is 14.2. The van der Waals surface area contributed by atoms with Crippen LogP contribution in [0.3, 0.4) is 0 Å². The van der Waals surface area contributed by atoms with Crippen LogP contribution in [0.2, 0.25) is 0 Å². The minimum Gasteiger partial charge on any atom is -0.341 e. The lowest BCUT2D eigenvalue weighted by Gasteiger charge is -2.45. The zero-order valence-corrected chi connectivity index (χ0v) is 10.7. The van der Waals surface area contributed by atoms with Crippen molar-refractivity contribution >= 4 is 5.91 Å². The van der Waals surface area contributed by atoms with Gasteiger partial charge in [0, 0.05) is 25.2 Å². The van der Waals surface area contributed by atoms with Gasteiger partial charge in [-0.25, -0.2) is 0 Å². The molecule has 1 rings (SSSR count). The van der Waals surface area contributed by atoms with E-state index in [4.69, 9.17) is 0 Å². The van der Waals surface area contributed by atoms with E-state index >= 15 is 0 Å². The van der Waals surface area contributed by atoms with Crippen LogP contribution in [0.1, 0.15) is 34.6 Å². The normalized spacial score (nSPS) is 20.1. The maximum Gasteiger partial charge on any atom is 0.236 e. The van der Waals surface area contributed by atoms with Crippen LogP contribution in [0.4, 0.5) is 0 Å². The van der Waals surface area contributed by atoms with Crippen molar-refractivity contribution in [3.05, 3.63) is 0 Å². The zero-order chi connectivity index (χ0) is 11.6. The van der Waals surface area contributed by atoms with Crippen molar-refractivity contribution in [2.75, 3.05) is 26.2 Å². The number of piperazine rings is 1. The molecule has 0 aromatic carbocycles. The monoisotopic (exact) mass is 212 g/mol. The van der Waals surface area contributed by atoms with E-state index in [0.29, 0.717) is 12.5 Å². The molecule has 1 aliphatic heterocycles. The van der Waals surface area contributed by atoms with Gasteiger partial charge in [0.2, 0.25) is 5.91 Å². The Balaban J connectivity index is 2.65. The predicted molar refractivity (Wildman–Crippen MR) is 62.7 cm³/mol. The van der Waals surface area contributed by atoms with Crippen molar-refractivity contribution in [1.82, 2.24) is 9.80 Å². The lowest BCUT2D eigenvalue weighted by atomic mass is 9.88. The average molecular weight is 212 g/mol. The SMILES string of the molecule is CCN1CCN(C(C)(C)C(C)C)CC1=O. The van der Waals surface area contributed by atoms with Crippen LogP contribution in [0.5, 0.6) is 0 Å². The summed E-state index contributed by atoms with van der Waals surface area (Å²) >= 11 is 0. The first-order valence-electron chi connectivity index (χ1n) is 5.92. The number of carbonyl (C=O) groups excluding carboxylic acids is 1. The molecule has 0 aromatic heterocycles. The van der Waals surface area contributed by atoms with Crippen LogP contribution < -0.4 is 0 Å². The second-order valence-corrected chi connectivity index (χ2v) is 5.20. The largest absolute Gasteiger partial charge is 0.341 e. The number of likely N-dealkylation sites (N-methyl/N-ethyl adjacent to an activating group) is 1. The Morgan fingerprint density at radius 2 is 1.93 bits per heavy atom. The molecule has 3 nitrogen and oxygen atoms in total. The van der Waals surface area contributed by atoms with Crippen molar-refractivity contribution in [2.45, 2.75) is 40.2 Å². The van der Waals surface area contributed by atoms with Crippen molar-refractivity contribution < 1.29 is 4.79 Å². The second-order valence-electron chi connectivity index (χ2n) is 5.20. The Bertz CT molecular complexity index is 236. The van der Waals surface area contributed by atoms with Gasteiger partial charge < -0.3 is 4.90 Å². The van der Waals surface area contributed by atoms with Crippen LogP contribution in [0.25, 0.3) is 0 Å². The van der Waals surface area contributed by atoms with Gasteiger partial charge in [-0.3, -0.25) is 9.69 Å². The first-order chi connectivity index (χ1) is 6.89. The van der Waals surface area contributed by atoms with Gasteiger partial charge in [-0.2, -0.15) is 0 Å². The van der Waals surface area contributed by atoms with Gasteiger partial charge in [0.25, 0.3) is 0 Å². The van der Waals surface area contributed by atoms with E-state index in [2.05, 4.69) is 32.6 Å². The molecule has 1 aliphatic rings. The van der Waals surface area contributed by atoms with Gasteiger partial charge in [0.05, 0.1) is 6.54 Å². The lowest BCUT2D eigenvalue weighted by molar-refractivity contribution is -0.139. The molecule has 0 radical (unpaired) electrons. The van der Waals surface area contributed by atoms with E-state index in [1.807, 2.05) is 11.8 Å². The quantitative estimate of drug-likeness (QED) is 0.709. The summed E-state index contributed by atoms with van der Waals surface area (Å²) in [5.74, 6) is 0.843. The molecule has 0 aliphatic carbocycles. The molecule has 0 bridgehead atoms. The topological polar surface area (TPSA) is 23.6 Å². The van der Waals surface area contributed by atoms with Crippen LogP contribution in [0, 0.1) is 5.92 Å². The fraction of sp³-hybridized carbons (Fsp3) is 0.917. The molecule has 88 valence electrons. The van der Waals surface area contributed by atoms with Gasteiger partial charge in [-0.15, -0.1) is 0 Å². The van der Waals surface area contributed by atoms with Gasteiger partial charge >= 0.3 is 0 Å². The third-order valence-electron chi connectivity index (χ3n) is 3.93. The zero-order valence-electron chi connectivity index (χ0n) is 10.7. The van der Waals surface area contributed by atoms with Crippen LogP contribution in [-0.2, 0) is 4.79 Å². The molecule has 0 atom stereocenters. The summed E-state index contributed by atoms with van der Waals surface area (Å²) in [6, 6.07) is 0. The predicted octanol–water partition coefficient (Wildman–Crippen LogP) is 1.59. The van der Waals surface area contributed by atoms with E-state index in [1.54, 1.807) is 0 Å². The highest BCUT2D eigenvalue weighted by atomic mass is 16.2. The van der Waals surface area contributed by atoms with Gasteiger partial charge in [-0.05, 0) is 26.7 Å². The summed E-state index contributed by atoms with van der Waals surface area (Å²) in [5, 5.41) is 0. The molecule has 0 aromatic rings. The maximum absolute atomic E-state index is 11.8. The molecular weight excluding hydrogens is 188 g/mol. The number of rotatable bonds is 3. The van der Waals surface area contributed by atoms with Gasteiger partial charge in [0.15, 0.2) is 0 Å². The molecule has 0 N–H and O–H groups in total. The number of hydrogen-bond donors (Lipinski definition) is 0. The Morgan fingerprint density at radius 3 is 2.33 bits per heavy atom. The number of nitrogens with zero attached hydrogens (tertiary/aromatic N) is 2. The van der Waals surface area contributed by atoms with E-state index in [9.17, 15) is 4.79 Å². The van der Waals surface area contributed by atoms with Crippen LogP contribution in [0.15, 0.2) is 0 Å². The summed E-state index contributed by atoms with van der Waals surface area (Å²) in [7, 11) is 0. The lowest BCUT2D eigenvalue weighted by Crippen LogP contribution is -2.58. The first-order valence-corrected chi connectivity index (χ1v) is 5.92. The molecule has 0 spiro atoms. The fourth-order valence-corrected chi connectivity index (χ4v) is 1.90. The Labute approximate surface area is 93.4 Å². The standard InChI is InChI=1S/C12H24N2O/c1-6-13-7-8-14(9-11(13)15)12(4,5)10(2)3/h10H,6-9H2,1-5H3. The van der Waals surface area contributed by atoms with Gasteiger partial charge in [0.1, 0.15) is 0 Å². The van der Waals surface area contributed by atoms with Crippen molar-refractivity contribution in [3.63, 3.8) is 0 Å². The van der Waals surface area contributed by atoms with Crippen molar-refractivity contribution in [1.29, 1.82) is 0 Å². The molecule has 1 fully saturated rings. The summed E-state index contributed by atoms with van der Waals surface area (Å²) < 4.78 is 0. The van der Waals surface area contributed by atoms with Crippen LogP contribution in [-0.4, -0.2) is 47.4 Å². The highest BCUT2D eigenvalue weighted by Gasteiger charge is 2.34. The minimum atomic E-state index is 0.121. The van der Waals surface area contributed by atoms with Crippen molar-refractivity contribution in [3.8, 4) is 0 Å². The summed E-state index contributed by atoms with van der Waals surface area (Å²) in [6.07, 6.45) is 0. The first kappa shape index (κ1) is 12.5. The molecular formula is C12H24N2O. The highest BCUT2D eigenvalue weighted by molar-refractivity contribution is 5.79. The number of hydrogen-bond acceptors (Lipinski definition) is 2. The molecule has 1 saturated heterocycles. The molecule has 1 amide bonds. The molecule has 0 saturated carbocycles. The number of amides is 1.